The predicted octanol–water partition coefficient (Wildman–Crippen LogP) is 2.65. The van der Waals surface area contributed by atoms with Gasteiger partial charge in [0.1, 0.15) is 0 Å². The Morgan fingerprint density at radius 2 is 1.95 bits per heavy atom. The summed E-state index contributed by atoms with van der Waals surface area (Å²) in [6.07, 6.45) is 7.91. The molecule has 3 rings (SSSR count). The maximum Gasteiger partial charge on any atom is 0.0991 e. The van der Waals surface area contributed by atoms with E-state index in [4.69, 9.17) is 10.8 Å². The lowest BCUT2D eigenvalue weighted by Gasteiger charge is -1.99. The first kappa shape index (κ1) is 14.5. The third-order valence-electron chi connectivity index (χ3n) is 3.69. The standard InChI is InChI=1S/C17H21N5/c1-2-21-12-15(11-19-21)17-14(7-6-10-18)13-22(20-17)16-8-4-3-5-9-16/h3-5,8-9,11-13H,2,6-7,10,18H2,1H3. The smallest absolute Gasteiger partial charge is 0.0991 e. The largest absolute Gasteiger partial charge is 0.330 e. The molecule has 2 heterocycles. The van der Waals surface area contributed by atoms with E-state index in [2.05, 4.69) is 30.4 Å². The van der Waals surface area contributed by atoms with E-state index < -0.39 is 0 Å². The first-order valence-corrected chi connectivity index (χ1v) is 7.68. The molecular formula is C17H21N5. The van der Waals surface area contributed by atoms with Crippen LogP contribution in [-0.2, 0) is 13.0 Å². The second kappa shape index (κ2) is 6.58. The molecule has 0 fully saturated rings. The van der Waals surface area contributed by atoms with E-state index in [-0.39, 0.29) is 0 Å². The van der Waals surface area contributed by atoms with Crippen LogP contribution < -0.4 is 5.73 Å². The maximum atomic E-state index is 5.67. The number of hydrogen-bond donors (Lipinski definition) is 1. The predicted molar refractivity (Wildman–Crippen MR) is 87.8 cm³/mol. The van der Waals surface area contributed by atoms with Crippen molar-refractivity contribution < 1.29 is 0 Å². The van der Waals surface area contributed by atoms with E-state index in [0.29, 0.717) is 6.54 Å². The summed E-state index contributed by atoms with van der Waals surface area (Å²) in [5, 5.41) is 9.13. The van der Waals surface area contributed by atoms with Gasteiger partial charge in [0, 0.05) is 24.5 Å². The van der Waals surface area contributed by atoms with Gasteiger partial charge in [-0.15, -0.1) is 0 Å². The molecule has 0 aliphatic rings. The Morgan fingerprint density at radius 3 is 2.64 bits per heavy atom. The van der Waals surface area contributed by atoms with E-state index in [1.807, 2.05) is 40.0 Å². The van der Waals surface area contributed by atoms with Gasteiger partial charge in [-0.25, -0.2) is 4.68 Å². The Kier molecular flexibility index (Phi) is 4.34. The third-order valence-corrected chi connectivity index (χ3v) is 3.69. The fourth-order valence-corrected chi connectivity index (χ4v) is 2.50. The van der Waals surface area contributed by atoms with Crippen LogP contribution >= 0.6 is 0 Å². The topological polar surface area (TPSA) is 61.7 Å². The normalized spacial score (nSPS) is 11.0. The average molecular weight is 295 g/mol. The molecule has 5 nitrogen and oxygen atoms in total. The molecule has 2 N–H and O–H groups in total. The highest BCUT2D eigenvalue weighted by Crippen LogP contribution is 2.24. The zero-order valence-electron chi connectivity index (χ0n) is 12.8. The summed E-state index contributed by atoms with van der Waals surface area (Å²) in [6.45, 7) is 3.62. The number of hydrogen-bond acceptors (Lipinski definition) is 3. The van der Waals surface area contributed by atoms with Crippen molar-refractivity contribution in [3.05, 3.63) is 54.5 Å². The Balaban J connectivity index is 2.01. The number of aromatic nitrogens is 4. The molecule has 22 heavy (non-hydrogen) atoms. The summed E-state index contributed by atoms with van der Waals surface area (Å²) in [7, 11) is 0. The van der Waals surface area contributed by atoms with Crippen molar-refractivity contribution >= 4 is 0 Å². The van der Waals surface area contributed by atoms with Crippen LogP contribution in [0.3, 0.4) is 0 Å². The van der Waals surface area contributed by atoms with Gasteiger partial charge in [0.15, 0.2) is 0 Å². The summed E-state index contributed by atoms with van der Waals surface area (Å²) in [5.74, 6) is 0. The van der Waals surface area contributed by atoms with Gasteiger partial charge in [-0.2, -0.15) is 10.2 Å². The summed E-state index contributed by atoms with van der Waals surface area (Å²) in [6, 6.07) is 10.2. The van der Waals surface area contributed by atoms with Crippen LogP contribution in [-0.4, -0.2) is 26.1 Å². The highest BCUT2D eigenvalue weighted by Gasteiger charge is 2.13. The van der Waals surface area contributed by atoms with Crippen LogP contribution in [0.5, 0.6) is 0 Å². The van der Waals surface area contributed by atoms with E-state index in [0.717, 1.165) is 36.3 Å². The molecule has 0 aliphatic carbocycles. The Morgan fingerprint density at radius 1 is 1.14 bits per heavy atom. The average Bonchev–Trinajstić information content (AvgIpc) is 3.20. The fourth-order valence-electron chi connectivity index (χ4n) is 2.50. The SMILES string of the molecule is CCn1cc(-c2nn(-c3ccccc3)cc2CCCN)cn1. The lowest BCUT2D eigenvalue weighted by atomic mass is 10.1. The maximum absolute atomic E-state index is 5.67. The molecular weight excluding hydrogens is 274 g/mol. The molecule has 0 unspecified atom stereocenters. The third kappa shape index (κ3) is 2.94. The van der Waals surface area contributed by atoms with Gasteiger partial charge in [-0.1, -0.05) is 18.2 Å². The molecule has 0 saturated heterocycles. The second-order valence-electron chi connectivity index (χ2n) is 5.26. The van der Waals surface area contributed by atoms with Crippen molar-refractivity contribution in [3.8, 4) is 16.9 Å². The Bertz CT molecular complexity index is 727. The molecule has 5 heteroatoms. The summed E-state index contributed by atoms with van der Waals surface area (Å²) < 4.78 is 3.86. The lowest BCUT2D eigenvalue weighted by molar-refractivity contribution is 0.660. The number of rotatable bonds is 6. The van der Waals surface area contributed by atoms with Crippen molar-refractivity contribution in [3.63, 3.8) is 0 Å². The summed E-state index contributed by atoms with van der Waals surface area (Å²) in [5.41, 5.74) is 9.99. The highest BCUT2D eigenvalue weighted by molar-refractivity contribution is 5.61. The van der Waals surface area contributed by atoms with E-state index in [1.54, 1.807) is 0 Å². The quantitative estimate of drug-likeness (QED) is 0.760. The van der Waals surface area contributed by atoms with Crippen molar-refractivity contribution in [2.45, 2.75) is 26.3 Å². The molecule has 0 radical (unpaired) electrons. The van der Waals surface area contributed by atoms with Gasteiger partial charge in [-0.05, 0) is 44.0 Å². The van der Waals surface area contributed by atoms with Crippen LogP contribution in [0.25, 0.3) is 16.9 Å². The Hall–Kier alpha value is -2.40. The second-order valence-corrected chi connectivity index (χ2v) is 5.26. The number of nitrogens with two attached hydrogens (primary N) is 1. The van der Waals surface area contributed by atoms with E-state index >= 15 is 0 Å². The van der Waals surface area contributed by atoms with Crippen molar-refractivity contribution in [2.75, 3.05) is 6.54 Å². The molecule has 0 amide bonds. The molecule has 0 bridgehead atoms. The van der Waals surface area contributed by atoms with Crippen molar-refractivity contribution in [1.29, 1.82) is 0 Å². The number of para-hydroxylation sites is 1. The van der Waals surface area contributed by atoms with Crippen LogP contribution in [0.15, 0.2) is 48.9 Å². The van der Waals surface area contributed by atoms with Crippen LogP contribution in [0.1, 0.15) is 18.9 Å². The monoisotopic (exact) mass is 295 g/mol. The molecule has 0 aliphatic heterocycles. The number of nitrogens with zero attached hydrogens (tertiary/aromatic N) is 4. The molecule has 0 atom stereocenters. The van der Waals surface area contributed by atoms with E-state index in [9.17, 15) is 0 Å². The van der Waals surface area contributed by atoms with Gasteiger partial charge >= 0.3 is 0 Å². The minimum absolute atomic E-state index is 0.685. The first-order valence-electron chi connectivity index (χ1n) is 7.68. The molecule has 2 aromatic heterocycles. The molecule has 114 valence electrons. The first-order chi connectivity index (χ1) is 10.8. The minimum atomic E-state index is 0.685. The molecule has 3 aromatic rings. The zero-order valence-corrected chi connectivity index (χ0v) is 12.8. The molecule has 0 saturated carbocycles. The van der Waals surface area contributed by atoms with Crippen molar-refractivity contribution in [2.24, 2.45) is 5.73 Å². The highest BCUT2D eigenvalue weighted by atomic mass is 15.3. The van der Waals surface area contributed by atoms with Crippen LogP contribution in [0.2, 0.25) is 0 Å². The van der Waals surface area contributed by atoms with Gasteiger partial charge in [0.2, 0.25) is 0 Å². The molecule has 1 aromatic carbocycles. The summed E-state index contributed by atoms with van der Waals surface area (Å²) in [4.78, 5) is 0. The fraction of sp³-hybridized carbons (Fsp3) is 0.294. The van der Waals surface area contributed by atoms with Gasteiger partial charge in [0.05, 0.1) is 17.6 Å². The van der Waals surface area contributed by atoms with Gasteiger partial charge in [0.25, 0.3) is 0 Å². The van der Waals surface area contributed by atoms with Crippen LogP contribution in [0, 0.1) is 0 Å². The zero-order chi connectivity index (χ0) is 15.4. The number of benzene rings is 1. The Labute approximate surface area is 130 Å². The van der Waals surface area contributed by atoms with Crippen LogP contribution in [0.4, 0.5) is 0 Å². The number of aryl methyl sites for hydroxylation is 2. The minimum Gasteiger partial charge on any atom is -0.330 e. The van der Waals surface area contributed by atoms with Crippen molar-refractivity contribution in [1.82, 2.24) is 19.6 Å². The lowest BCUT2D eigenvalue weighted by Crippen LogP contribution is -2.00. The van der Waals surface area contributed by atoms with Gasteiger partial charge in [-0.3, -0.25) is 4.68 Å². The molecule has 0 spiro atoms. The summed E-state index contributed by atoms with van der Waals surface area (Å²) >= 11 is 0. The van der Waals surface area contributed by atoms with E-state index in [1.165, 1.54) is 5.56 Å². The van der Waals surface area contributed by atoms with Gasteiger partial charge < -0.3 is 5.73 Å².